The van der Waals surface area contributed by atoms with E-state index in [1.54, 1.807) is 57.0 Å². The van der Waals surface area contributed by atoms with Crippen molar-refractivity contribution in [2.45, 2.75) is 78.0 Å². The molecule has 2 aromatic rings. The van der Waals surface area contributed by atoms with Crippen LogP contribution in [0.25, 0.3) is 0 Å². The molecule has 0 fully saturated rings. The molecule has 11 heteroatoms. The van der Waals surface area contributed by atoms with E-state index < -0.39 is 41.6 Å². The third-order valence-corrected chi connectivity index (χ3v) is 5.11. The van der Waals surface area contributed by atoms with Crippen LogP contribution in [-0.2, 0) is 47.9 Å². The second-order valence-corrected chi connectivity index (χ2v) is 10.2. The third kappa shape index (κ3) is 10.9. The number of hydrogen-bond acceptors (Lipinski definition) is 8. The van der Waals surface area contributed by atoms with Crippen LogP contribution in [0.1, 0.15) is 57.9 Å². The van der Waals surface area contributed by atoms with Crippen LogP contribution in [0.3, 0.4) is 0 Å². The minimum atomic E-state index is -4.63. The second-order valence-electron chi connectivity index (χ2n) is 10.2. The van der Waals surface area contributed by atoms with E-state index in [4.69, 9.17) is 14.3 Å². The Morgan fingerprint density at radius 1 is 1.03 bits per heavy atom. The zero-order valence-electron chi connectivity index (χ0n) is 22.5. The SMILES string of the molecule is CC(C)CC(C(=O)OC(Cc1ccc(C(F)(F)F)nc1)C(=O)OCc1ccccc1)N(C=C=O)OC(C)(C)C. The van der Waals surface area contributed by atoms with E-state index in [1.165, 1.54) is 0 Å². The minimum absolute atomic E-state index is 0.0451. The van der Waals surface area contributed by atoms with Gasteiger partial charge in [0, 0.05) is 12.6 Å². The highest BCUT2D eigenvalue weighted by molar-refractivity contribution is 5.82. The van der Waals surface area contributed by atoms with Gasteiger partial charge in [0.1, 0.15) is 24.4 Å². The minimum Gasteiger partial charge on any atom is -0.458 e. The molecule has 39 heavy (non-hydrogen) atoms. The molecule has 0 aliphatic heterocycles. The van der Waals surface area contributed by atoms with Crippen molar-refractivity contribution in [3.63, 3.8) is 0 Å². The van der Waals surface area contributed by atoms with Crippen LogP contribution >= 0.6 is 0 Å². The summed E-state index contributed by atoms with van der Waals surface area (Å²) < 4.78 is 49.8. The van der Waals surface area contributed by atoms with E-state index in [-0.39, 0.29) is 30.9 Å². The number of rotatable bonds is 12. The molecule has 0 saturated carbocycles. The summed E-state index contributed by atoms with van der Waals surface area (Å²) in [5.41, 5.74) is -0.985. The Balaban J connectivity index is 2.33. The lowest BCUT2D eigenvalue weighted by atomic mass is 10.0. The summed E-state index contributed by atoms with van der Waals surface area (Å²) in [7, 11) is 0. The van der Waals surface area contributed by atoms with Crippen molar-refractivity contribution in [3.05, 3.63) is 71.7 Å². The van der Waals surface area contributed by atoms with E-state index >= 15 is 0 Å². The molecule has 2 rings (SSSR count). The van der Waals surface area contributed by atoms with Gasteiger partial charge >= 0.3 is 18.1 Å². The number of carbonyl (C=O) groups is 2. The molecule has 0 bridgehead atoms. The van der Waals surface area contributed by atoms with E-state index in [0.29, 0.717) is 5.56 Å². The molecular weight excluding hydrogens is 517 g/mol. The zero-order chi connectivity index (χ0) is 29.2. The highest BCUT2D eigenvalue weighted by Crippen LogP contribution is 2.27. The number of pyridine rings is 1. The molecule has 0 aliphatic rings. The summed E-state index contributed by atoms with van der Waals surface area (Å²) >= 11 is 0. The van der Waals surface area contributed by atoms with Gasteiger partial charge in [-0.05, 0) is 50.3 Å². The van der Waals surface area contributed by atoms with E-state index in [9.17, 15) is 27.6 Å². The number of hydrogen-bond donors (Lipinski definition) is 0. The fourth-order valence-corrected chi connectivity index (χ4v) is 3.44. The smallest absolute Gasteiger partial charge is 0.433 e. The average molecular weight is 551 g/mol. The van der Waals surface area contributed by atoms with Crippen molar-refractivity contribution < 1.29 is 41.9 Å². The Morgan fingerprint density at radius 3 is 2.21 bits per heavy atom. The molecule has 1 heterocycles. The highest BCUT2D eigenvalue weighted by Gasteiger charge is 2.36. The predicted octanol–water partition coefficient (Wildman–Crippen LogP) is 5.09. The quantitative estimate of drug-likeness (QED) is 0.205. The summed E-state index contributed by atoms with van der Waals surface area (Å²) in [4.78, 5) is 46.8. The molecule has 0 radical (unpaired) electrons. The van der Waals surface area contributed by atoms with Gasteiger partial charge in [-0.3, -0.25) is 9.82 Å². The first-order valence-electron chi connectivity index (χ1n) is 12.3. The molecule has 1 aromatic carbocycles. The molecule has 0 amide bonds. The first-order valence-corrected chi connectivity index (χ1v) is 12.3. The van der Waals surface area contributed by atoms with Gasteiger partial charge in [-0.15, -0.1) is 0 Å². The maximum atomic E-state index is 13.4. The van der Waals surface area contributed by atoms with Gasteiger partial charge < -0.3 is 9.47 Å². The highest BCUT2D eigenvalue weighted by atomic mass is 19.4. The van der Waals surface area contributed by atoms with Crippen LogP contribution in [0.5, 0.6) is 0 Å². The zero-order valence-corrected chi connectivity index (χ0v) is 22.5. The van der Waals surface area contributed by atoms with Crippen molar-refractivity contribution in [1.82, 2.24) is 10.0 Å². The molecule has 2 unspecified atom stereocenters. The fraction of sp³-hybridized carbons (Fsp3) is 0.464. The molecule has 8 nitrogen and oxygen atoms in total. The van der Waals surface area contributed by atoms with Gasteiger partial charge in [0.25, 0.3) is 0 Å². The summed E-state index contributed by atoms with van der Waals surface area (Å²) in [6.45, 7) is 8.74. The average Bonchev–Trinajstić information content (AvgIpc) is 2.84. The van der Waals surface area contributed by atoms with Crippen molar-refractivity contribution in [1.29, 1.82) is 0 Å². The lowest BCUT2D eigenvalue weighted by Crippen LogP contribution is -2.46. The van der Waals surface area contributed by atoms with Crippen molar-refractivity contribution in [2.75, 3.05) is 0 Å². The first-order chi connectivity index (χ1) is 18.2. The maximum absolute atomic E-state index is 13.4. The normalized spacial score (nSPS) is 13.3. The Kier molecular flexibility index (Phi) is 11.2. The van der Waals surface area contributed by atoms with Crippen molar-refractivity contribution >= 4 is 17.9 Å². The van der Waals surface area contributed by atoms with Gasteiger partial charge in [-0.1, -0.05) is 50.2 Å². The number of benzene rings is 1. The predicted molar refractivity (Wildman–Crippen MR) is 135 cm³/mol. The topological polar surface area (TPSA) is 95.0 Å². The summed E-state index contributed by atoms with van der Waals surface area (Å²) in [5.74, 6) is -0.234. The molecule has 2 atom stereocenters. The van der Waals surface area contributed by atoms with Gasteiger partial charge in [-0.25, -0.2) is 19.4 Å². The van der Waals surface area contributed by atoms with E-state index in [2.05, 4.69) is 4.98 Å². The third-order valence-electron chi connectivity index (χ3n) is 5.11. The Bertz CT molecular complexity index is 1120. The summed E-state index contributed by atoms with van der Waals surface area (Å²) in [6, 6.07) is 9.59. The van der Waals surface area contributed by atoms with Gasteiger partial charge in [-0.2, -0.15) is 13.2 Å². The standard InChI is InChI=1S/C28H33F3N2O6/c1-19(2)15-22(33(13-14-34)39-27(3,4)5)25(35)38-23(26(36)37-18-20-9-7-6-8-10-20)16-21-11-12-24(32-17-21)28(29,30)31/h6-13,17,19,22-23H,15-16,18H2,1-5H3. The van der Waals surface area contributed by atoms with E-state index in [0.717, 1.165) is 29.6 Å². The van der Waals surface area contributed by atoms with Crippen LogP contribution < -0.4 is 0 Å². The van der Waals surface area contributed by atoms with Crippen LogP contribution in [-0.4, -0.2) is 45.7 Å². The Morgan fingerprint density at radius 2 is 1.69 bits per heavy atom. The molecule has 1 aromatic heterocycles. The molecule has 212 valence electrons. The molecular formula is C28H33F3N2O6. The second kappa shape index (κ2) is 13.9. The largest absolute Gasteiger partial charge is 0.458 e. The lowest BCUT2D eigenvalue weighted by molar-refractivity contribution is -0.229. The van der Waals surface area contributed by atoms with E-state index in [1.807, 2.05) is 13.8 Å². The number of halogens is 3. The Labute approximate surface area is 225 Å². The van der Waals surface area contributed by atoms with Crippen LogP contribution in [0.2, 0.25) is 0 Å². The fourth-order valence-electron chi connectivity index (χ4n) is 3.44. The number of carbonyl (C=O) groups excluding carboxylic acids is 3. The molecule has 0 spiro atoms. The number of esters is 2. The summed E-state index contributed by atoms with van der Waals surface area (Å²) in [6.07, 6.45) is -4.34. The van der Waals surface area contributed by atoms with Crippen LogP contribution in [0, 0.1) is 5.92 Å². The lowest BCUT2D eigenvalue weighted by Gasteiger charge is -2.34. The van der Waals surface area contributed by atoms with Crippen molar-refractivity contribution in [2.24, 2.45) is 5.92 Å². The molecule has 0 aliphatic carbocycles. The number of ether oxygens (including phenoxy) is 2. The number of aromatic nitrogens is 1. The monoisotopic (exact) mass is 550 g/mol. The Hall–Kier alpha value is -3.69. The van der Waals surface area contributed by atoms with Crippen molar-refractivity contribution in [3.8, 4) is 0 Å². The maximum Gasteiger partial charge on any atom is 0.433 e. The summed E-state index contributed by atoms with van der Waals surface area (Å²) in [5, 5.41) is 1.04. The first kappa shape index (κ1) is 31.5. The van der Waals surface area contributed by atoms with Crippen LogP contribution in [0.4, 0.5) is 13.2 Å². The van der Waals surface area contributed by atoms with Gasteiger partial charge in [0.2, 0.25) is 6.10 Å². The number of alkyl halides is 3. The van der Waals surface area contributed by atoms with Gasteiger partial charge in [0.15, 0.2) is 6.04 Å². The van der Waals surface area contributed by atoms with Gasteiger partial charge in [0.05, 0.1) is 5.60 Å². The number of nitrogens with zero attached hydrogens (tertiary/aromatic N) is 2. The number of hydroxylamine groups is 2. The molecule has 0 saturated heterocycles. The molecule has 0 N–H and O–H groups in total. The van der Waals surface area contributed by atoms with Crippen LogP contribution in [0.15, 0.2) is 54.9 Å².